The topological polar surface area (TPSA) is 130 Å². The molecule has 1 aliphatic rings. The van der Waals surface area contributed by atoms with E-state index in [9.17, 15) is 14.4 Å². The summed E-state index contributed by atoms with van der Waals surface area (Å²) in [5.41, 5.74) is 1.97. The van der Waals surface area contributed by atoms with E-state index in [0.717, 1.165) is 24.0 Å². The molecule has 1 fully saturated rings. The predicted octanol–water partition coefficient (Wildman–Crippen LogP) is 2.87. The maximum Gasteiger partial charge on any atom is 0.239 e. The lowest BCUT2D eigenvalue weighted by Gasteiger charge is -2.24. The highest BCUT2D eigenvalue weighted by molar-refractivity contribution is 5.84. The second-order valence-electron chi connectivity index (χ2n) is 9.40. The molecule has 10 nitrogen and oxygen atoms in total. The van der Waals surface area contributed by atoms with Crippen LogP contribution in [-0.4, -0.2) is 63.9 Å². The van der Waals surface area contributed by atoms with E-state index >= 15 is 0 Å². The highest BCUT2D eigenvalue weighted by Crippen LogP contribution is 2.24. The first kappa shape index (κ1) is 27.0. The van der Waals surface area contributed by atoms with Crippen LogP contribution in [0.5, 0.6) is 0 Å². The van der Waals surface area contributed by atoms with E-state index in [1.807, 2.05) is 18.2 Å². The molecule has 1 unspecified atom stereocenters. The lowest BCUT2D eigenvalue weighted by molar-refractivity contribution is -0.136. The lowest BCUT2D eigenvalue weighted by Crippen LogP contribution is -2.42. The normalized spacial score (nSPS) is 17.8. The van der Waals surface area contributed by atoms with Crippen molar-refractivity contribution in [3.05, 3.63) is 66.3 Å². The molecular weight excluding hydrogens is 484 g/mol. The summed E-state index contributed by atoms with van der Waals surface area (Å²) in [5.74, 6) is 0.831. The summed E-state index contributed by atoms with van der Waals surface area (Å²) in [7, 11) is 0. The summed E-state index contributed by atoms with van der Waals surface area (Å²) in [5, 5.41) is 9.90. The zero-order valence-electron chi connectivity index (χ0n) is 21.5. The summed E-state index contributed by atoms with van der Waals surface area (Å²) in [6.45, 7) is 1.33. The Balaban J connectivity index is 1.30. The Morgan fingerprint density at radius 3 is 2.61 bits per heavy atom. The van der Waals surface area contributed by atoms with Gasteiger partial charge in [-0.2, -0.15) is 4.98 Å². The number of nitrogens with zero attached hydrogens (tertiary/aromatic N) is 4. The predicted molar refractivity (Wildman–Crippen MR) is 141 cm³/mol. The molecule has 3 heterocycles. The summed E-state index contributed by atoms with van der Waals surface area (Å²) in [6, 6.07) is 13.7. The van der Waals surface area contributed by atoms with Crippen molar-refractivity contribution in [1.82, 2.24) is 30.7 Å². The van der Waals surface area contributed by atoms with Gasteiger partial charge in [-0.3, -0.25) is 19.4 Å². The first-order chi connectivity index (χ1) is 18.6. The molecule has 0 bridgehead atoms. The van der Waals surface area contributed by atoms with Crippen LogP contribution in [0.2, 0.25) is 0 Å². The number of aryl methyl sites for hydroxylation is 1. The molecule has 0 spiro atoms. The average Bonchev–Trinajstić information content (AvgIpc) is 3.41. The van der Waals surface area contributed by atoms with Crippen molar-refractivity contribution in [3.8, 4) is 11.4 Å². The number of amides is 3. The van der Waals surface area contributed by atoms with Gasteiger partial charge in [0, 0.05) is 56.9 Å². The van der Waals surface area contributed by atoms with Gasteiger partial charge >= 0.3 is 0 Å². The molecule has 2 N–H and O–H groups in total. The van der Waals surface area contributed by atoms with Gasteiger partial charge < -0.3 is 20.1 Å². The van der Waals surface area contributed by atoms with Crippen LogP contribution in [0.15, 0.2) is 59.4 Å². The highest BCUT2D eigenvalue weighted by Gasteiger charge is 2.20. The average molecular weight is 519 g/mol. The molecule has 2 aromatic heterocycles. The summed E-state index contributed by atoms with van der Waals surface area (Å²) < 4.78 is 5.32. The van der Waals surface area contributed by atoms with Gasteiger partial charge in [-0.1, -0.05) is 35.5 Å². The maximum absolute atomic E-state index is 13.0. The second-order valence-corrected chi connectivity index (χ2v) is 9.40. The molecule has 10 heteroatoms. The molecule has 1 aromatic carbocycles. The Bertz CT molecular complexity index is 1180. The monoisotopic (exact) mass is 518 g/mol. The third kappa shape index (κ3) is 8.22. The molecule has 3 amide bonds. The van der Waals surface area contributed by atoms with Gasteiger partial charge in [-0.15, -0.1) is 0 Å². The Kier molecular flexibility index (Phi) is 9.95. The molecule has 1 saturated heterocycles. The van der Waals surface area contributed by atoms with Crippen LogP contribution in [0.4, 0.5) is 0 Å². The minimum atomic E-state index is -0.176. The quantitative estimate of drug-likeness (QED) is 0.513. The second kappa shape index (κ2) is 14.0. The molecule has 38 heavy (non-hydrogen) atoms. The van der Waals surface area contributed by atoms with Crippen LogP contribution < -0.4 is 10.6 Å². The maximum atomic E-state index is 13.0. The first-order valence-corrected chi connectivity index (χ1v) is 13.2. The van der Waals surface area contributed by atoms with E-state index in [0.29, 0.717) is 57.0 Å². The molecule has 1 atom stereocenters. The fourth-order valence-electron chi connectivity index (χ4n) is 4.52. The molecule has 0 aliphatic carbocycles. The lowest BCUT2D eigenvalue weighted by atomic mass is 9.91. The first-order valence-electron chi connectivity index (χ1n) is 13.2. The minimum Gasteiger partial charge on any atom is -0.356 e. The van der Waals surface area contributed by atoms with Crippen LogP contribution >= 0.6 is 0 Å². The number of carbonyl (C=O) groups is 3. The molecule has 4 rings (SSSR count). The van der Waals surface area contributed by atoms with Crippen LogP contribution in [0, 0.1) is 0 Å². The fourth-order valence-corrected chi connectivity index (χ4v) is 4.52. The SMILES string of the molecule is O=C1CCC(c2ccccc2)CCNC(=O)CN(C(=O)CCCc2nc(-c3ccncc3)no2)CCCN1. The molecule has 0 radical (unpaired) electrons. The van der Waals surface area contributed by atoms with Crippen molar-refractivity contribution >= 4 is 17.7 Å². The number of aromatic nitrogens is 3. The van der Waals surface area contributed by atoms with E-state index in [1.165, 1.54) is 0 Å². The van der Waals surface area contributed by atoms with Gasteiger partial charge in [0.25, 0.3) is 0 Å². The Morgan fingerprint density at radius 1 is 1.00 bits per heavy atom. The largest absolute Gasteiger partial charge is 0.356 e. The van der Waals surface area contributed by atoms with Crippen molar-refractivity contribution in [2.75, 3.05) is 26.2 Å². The highest BCUT2D eigenvalue weighted by atomic mass is 16.5. The third-order valence-corrected chi connectivity index (χ3v) is 6.61. The number of carbonyl (C=O) groups excluding carboxylic acids is 3. The third-order valence-electron chi connectivity index (χ3n) is 6.61. The number of benzene rings is 1. The number of rotatable bonds is 6. The standard InChI is InChI=1S/C28H34N6O4/c35-24-11-10-22(21-6-2-1-3-7-21)14-18-31-25(36)20-34(19-5-15-30-24)27(37)9-4-8-26-32-28(33-38-26)23-12-16-29-17-13-23/h1-3,6-7,12-13,16-17,22H,4-5,8-11,14-15,18-20H2,(H,30,35)(H,31,36). The number of hydrogen-bond acceptors (Lipinski definition) is 7. The van der Waals surface area contributed by atoms with E-state index in [4.69, 9.17) is 4.52 Å². The number of nitrogens with one attached hydrogen (secondary N) is 2. The van der Waals surface area contributed by atoms with Crippen LogP contribution in [0.1, 0.15) is 55.9 Å². The zero-order chi connectivity index (χ0) is 26.6. The van der Waals surface area contributed by atoms with E-state index in [2.05, 4.69) is 37.9 Å². The van der Waals surface area contributed by atoms with E-state index in [-0.39, 0.29) is 36.6 Å². The van der Waals surface area contributed by atoms with Crippen molar-refractivity contribution in [2.45, 2.75) is 50.9 Å². The van der Waals surface area contributed by atoms with E-state index in [1.54, 1.807) is 29.4 Å². The number of pyridine rings is 1. The fraction of sp³-hybridized carbons (Fsp3) is 0.429. The van der Waals surface area contributed by atoms with Gasteiger partial charge in [0.05, 0.1) is 6.54 Å². The minimum absolute atomic E-state index is 0.00443. The zero-order valence-corrected chi connectivity index (χ0v) is 21.5. The molecule has 1 aliphatic heterocycles. The van der Waals surface area contributed by atoms with Gasteiger partial charge in [-0.05, 0) is 49.3 Å². The van der Waals surface area contributed by atoms with Crippen molar-refractivity contribution in [3.63, 3.8) is 0 Å². The molecule has 200 valence electrons. The smallest absolute Gasteiger partial charge is 0.239 e. The van der Waals surface area contributed by atoms with Crippen molar-refractivity contribution in [1.29, 1.82) is 0 Å². The van der Waals surface area contributed by atoms with Crippen LogP contribution in [-0.2, 0) is 20.8 Å². The van der Waals surface area contributed by atoms with Gasteiger partial charge in [0.15, 0.2) is 0 Å². The van der Waals surface area contributed by atoms with Crippen molar-refractivity contribution < 1.29 is 18.9 Å². The summed E-state index contributed by atoms with van der Waals surface area (Å²) in [4.78, 5) is 48.0. The van der Waals surface area contributed by atoms with Gasteiger partial charge in [0.1, 0.15) is 0 Å². The molecule has 3 aromatic rings. The van der Waals surface area contributed by atoms with E-state index < -0.39 is 0 Å². The summed E-state index contributed by atoms with van der Waals surface area (Å²) >= 11 is 0. The van der Waals surface area contributed by atoms with Gasteiger partial charge in [0.2, 0.25) is 29.4 Å². The van der Waals surface area contributed by atoms with Crippen LogP contribution in [0.25, 0.3) is 11.4 Å². The summed E-state index contributed by atoms with van der Waals surface area (Å²) in [6.07, 6.45) is 7.00. The molecular formula is C28H34N6O4. The van der Waals surface area contributed by atoms with Gasteiger partial charge in [-0.25, -0.2) is 0 Å². The Hall–Kier alpha value is -4.08. The Labute approximate surface area is 222 Å². The number of hydrogen-bond donors (Lipinski definition) is 2. The molecule has 0 saturated carbocycles. The Morgan fingerprint density at radius 2 is 1.79 bits per heavy atom. The van der Waals surface area contributed by atoms with Crippen LogP contribution in [0.3, 0.4) is 0 Å². The van der Waals surface area contributed by atoms with Crippen molar-refractivity contribution in [2.24, 2.45) is 0 Å².